The van der Waals surface area contributed by atoms with Gasteiger partial charge in [-0.25, -0.2) is 19.2 Å². The molecule has 5 heterocycles. The van der Waals surface area contributed by atoms with Crippen molar-refractivity contribution in [3.8, 4) is 5.75 Å². The number of thioether (sulfide) groups is 3. The molecule has 254 valence electrons. The van der Waals surface area contributed by atoms with Crippen molar-refractivity contribution < 1.29 is 57.2 Å². The van der Waals surface area contributed by atoms with E-state index in [-0.39, 0.29) is 50.1 Å². The van der Waals surface area contributed by atoms with Crippen LogP contribution < -0.4 is 9.64 Å². The summed E-state index contributed by atoms with van der Waals surface area (Å²) in [5, 5.41) is 0. The third-order valence-electron chi connectivity index (χ3n) is 7.93. The van der Waals surface area contributed by atoms with E-state index >= 15 is 0 Å². The number of nitrogens with zero attached hydrogens (tertiary/aromatic N) is 3. The van der Waals surface area contributed by atoms with Crippen LogP contribution in [0.15, 0.2) is 37.6 Å². The van der Waals surface area contributed by atoms with Gasteiger partial charge in [0.2, 0.25) is 17.7 Å². The predicted molar refractivity (Wildman–Crippen MR) is 173 cm³/mol. The second-order valence-corrected chi connectivity index (χ2v) is 14.6. The normalized spacial score (nSPS) is 19.3. The zero-order valence-electron chi connectivity index (χ0n) is 26.7. The summed E-state index contributed by atoms with van der Waals surface area (Å²) in [6, 6.07) is 0. The highest BCUT2D eigenvalue weighted by Crippen LogP contribution is 2.71. The summed E-state index contributed by atoms with van der Waals surface area (Å²) in [4.78, 5) is 99.2. The topological polar surface area (TPSA) is 185 Å². The Balaban J connectivity index is 1.86. The van der Waals surface area contributed by atoms with Crippen LogP contribution in [0.2, 0.25) is 0 Å². The zero-order valence-corrected chi connectivity index (χ0v) is 29.2. The molecule has 3 amide bonds. The number of hydrogen-bond acceptors (Lipinski definition) is 16. The van der Waals surface area contributed by atoms with Crippen LogP contribution in [-0.4, -0.2) is 103 Å². The number of methoxy groups -OCH3 is 5. The maximum Gasteiger partial charge on any atom is 0.345 e. The molecule has 0 bridgehead atoms. The SMILES string of the molecule is COC(=O)C1=C(C(=O)OC)SC2(S1)C(C(=O)OC)=C(C(=O)OC)SC1=C2c2cncc(OC)c2N(C(=O)CN2C(=O)CCC2=O)C1(C)C. The summed E-state index contributed by atoms with van der Waals surface area (Å²) < 4.78 is 24.1. The van der Waals surface area contributed by atoms with E-state index in [0.29, 0.717) is 10.5 Å². The van der Waals surface area contributed by atoms with Crippen molar-refractivity contribution >= 4 is 88.1 Å². The zero-order chi connectivity index (χ0) is 35.3. The van der Waals surface area contributed by atoms with Crippen LogP contribution in [-0.2, 0) is 52.5 Å². The fourth-order valence-electron chi connectivity index (χ4n) is 5.80. The van der Waals surface area contributed by atoms with Crippen molar-refractivity contribution in [3.05, 3.63) is 43.2 Å². The molecular formula is C30H29N3O12S3. The van der Waals surface area contributed by atoms with E-state index in [0.717, 1.165) is 68.6 Å². The number of ether oxygens (including phenoxy) is 5. The van der Waals surface area contributed by atoms with Crippen molar-refractivity contribution in [1.29, 1.82) is 0 Å². The highest BCUT2D eigenvalue weighted by Gasteiger charge is 2.62. The molecular weight excluding hydrogens is 691 g/mol. The highest BCUT2D eigenvalue weighted by molar-refractivity contribution is 8.26. The predicted octanol–water partition coefficient (Wildman–Crippen LogP) is 2.16. The van der Waals surface area contributed by atoms with E-state index in [2.05, 4.69) is 4.98 Å². The van der Waals surface area contributed by atoms with Crippen molar-refractivity contribution in [1.82, 2.24) is 9.88 Å². The van der Waals surface area contributed by atoms with Gasteiger partial charge < -0.3 is 23.7 Å². The molecule has 48 heavy (non-hydrogen) atoms. The summed E-state index contributed by atoms with van der Waals surface area (Å²) in [6.45, 7) is 2.74. The van der Waals surface area contributed by atoms with Crippen molar-refractivity contribution in [2.75, 3.05) is 47.0 Å². The highest BCUT2D eigenvalue weighted by atomic mass is 32.2. The summed E-state index contributed by atoms with van der Waals surface area (Å²) in [6.07, 6.45) is 2.72. The Labute approximate surface area is 286 Å². The number of pyridine rings is 1. The van der Waals surface area contributed by atoms with Crippen LogP contribution in [0.4, 0.5) is 5.69 Å². The first-order chi connectivity index (χ1) is 22.7. The van der Waals surface area contributed by atoms with Crippen molar-refractivity contribution in [2.45, 2.75) is 36.3 Å². The first-order valence-electron chi connectivity index (χ1n) is 14.1. The van der Waals surface area contributed by atoms with Crippen LogP contribution in [0.5, 0.6) is 5.75 Å². The lowest BCUT2D eigenvalue weighted by molar-refractivity contribution is -0.142. The number of carbonyl (C=O) groups excluding carboxylic acids is 7. The molecule has 0 saturated carbocycles. The van der Waals surface area contributed by atoms with E-state index in [9.17, 15) is 33.6 Å². The molecule has 0 atom stereocenters. The quantitative estimate of drug-likeness (QED) is 0.227. The fourth-order valence-corrected chi connectivity index (χ4v) is 10.9. The number of esters is 4. The Bertz CT molecular complexity index is 1750. The van der Waals surface area contributed by atoms with Crippen LogP contribution in [0.3, 0.4) is 0 Å². The fraction of sp³-hybridized carbons (Fsp3) is 0.400. The summed E-state index contributed by atoms with van der Waals surface area (Å²) in [7, 11) is 5.82. The lowest BCUT2D eigenvalue weighted by Gasteiger charge is -2.50. The van der Waals surface area contributed by atoms with Crippen molar-refractivity contribution in [2.24, 2.45) is 0 Å². The molecule has 0 aliphatic carbocycles. The number of likely N-dealkylation sites (tertiary alicyclic amines) is 1. The minimum Gasteiger partial charge on any atom is -0.493 e. The van der Waals surface area contributed by atoms with Crippen molar-refractivity contribution in [3.63, 3.8) is 0 Å². The van der Waals surface area contributed by atoms with Gasteiger partial charge in [0.15, 0.2) is 5.75 Å². The van der Waals surface area contributed by atoms with Gasteiger partial charge >= 0.3 is 23.9 Å². The van der Waals surface area contributed by atoms with Gasteiger partial charge in [-0.1, -0.05) is 35.3 Å². The third-order valence-corrected chi connectivity index (χ3v) is 12.6. The number of amides is 3. The molecule has 0 N–H and O–H groups in total. The Morgan fingerprint density at radius 3 is 1.81 bits per heavy atom. The lowest BCUT2D eigenvalue weighted by Crippen LogP contribution is -2.56. The minimum atomic E-state index is -1.82. The number of fused-ring (bicyclic) bond motifs is 3. The summed E-state index contributed by atoms with van der Waals surface area (Å²) >= 11 is 2.36. The van der Waals surface area contributed by atoms with Crippen LogP contribution in [0.25, 0.3) is 5.57 Å². The standard InChI is InChI=1S/C30H29N3O12S3/c1-29(2)24-18(13-10-31-11-14(41-3)20(13)33(29)17(36)12-32-15(34)8-9-16(32)35)30(19(25(37)42-4)21(46-24)26(38)43-5)47-22(27(39)44-6)23(48-30)28(40)45-7/h10-11H,8-9,12H2,1-7H3. The van der Waals surface area contributed by atoms with Crippen LogP contribution >= 0.6 is 35.3 Å². The van der Waals surface area contributed by atoms with E-state index in [1.165, 1.54) is 24.4 Å². The molecule has 4 aliphatic rings. The molecule has 5 rings (SSSR count). The summed E-state index contributed by atoms with van der Waals surface area (Å²) in [5.41, 5.74) is -0.977. The number of rotatable bonds is 7. The first kappa shape index (κ1) is 35.0. The minimum absolute atomic E-state index is 0.0247. The number of aromatic nitrogens is 1. The molecule has 15 nitrogen and oxygen atoms in total. The van der Waals surface area contributed by atoms with Gasteiger partial charge in [0, 0.05) is 35.1 Å². The monoisotopic (exact) mass is 719 g/mol. The number of imide groups is 1. The van der Waals surface area contributed by atoms with Gasteiger partial charge in [0.1, 0.15) is 25.3 Å². The van der Waals surface area contributed by atoms with Gasteiger partial charge in [-0.15, -0.1) is 0 Å². The molecule has 0 unspecified atom stereocenters. The van der Waals surface area contributed by atoms with Gasteiger partial charge in [-0.3, -0.25) is 29.2 Å². The second kappa shape index (κ2) is 13.0. The molecule has 0 radical (unpaired) electrons. The number of carbonyl (C=O) groups is 7. The Morgan fingerprint density at radius 2 is 1.31 bits per heavy atom. The smallest absolute Gasteiger partial charge is 0.345 e. The second-order valence-electron chi connectivity index (χ2n) is 10.9. The summed E-state index contributed by atoms with van der Waals surface area (Å²) in [5.74, 6) is -5.26. The number of anilines is 1. The molecule has 1 fully saturated rings. The molecule has 18 heteroatoms. The van der Waals surface area contributed by atoms with Crippen LogP contribution in [0.1, 0.15) is 32.3 Å². The maximum absolute atomic E-state index is 14.3. The molecule has 1 aromatic heterocycles. The maximum atomic E-state index is 14.3. The van der Waals surface area contributed by atoms with Gasteiger partial charge in [-0.2, -0.15) is 0 Å². The Hall–Kier alpha value is -4.29. The van der Waals surface area contributed by atoms with Gasteiger partial charge in [-0.05, 0) is 13.8 Å². The third kappa shape index (κ3) is 5.25. The first-order valence-corrected chi connectivity index (χ1v) is 16.5. The molecule has 1 saturated heterocycles. The Morgan fingerprint density at radius 1 is 0.792 bits per heavy atom. The molecule has 1 spiro atoms. The number of hydrogen-bond donors (Lipinski definition) is 0. The van der Waals surface area contributed by atoms with E-state index in [1.807, 2.05) is 0 Å². The lowest BCUT2D eigenvalue weighted by atomic mass is 9.84. The van der Waals surface area contributed by atoms with Gasteiger partial charge in [0.25, 0.3) is 0 Å². The molecule has 1 aromatic rings. The van der Waals surface area contributed by atoms with E-state index in [1.54, 1.807) is 13.8 Å². The van der Waals surface area contributed by atoms with E-state index < -0.39 is 57.8 Å². The molecule has 0 aromatic carbocycles. The average molecular weight is 720 g/mol. The van der Waals surface area contributed by atoms with E-state index in [4.69, 9.17) is 23.7 Å². The molecule has 4 aliphatic heterocycles. The average Bonchev–Trinajstić information content (AvgIpc) is 3.62. The largest absolute Gasteiger partial charge is 0.493 e. The van der Waals surface area contributed by atoms with Crippen LogP contribution in [0, 0.1) is 0 Å². The Kier molecular flexibility index (Phi) is 9.46. The van der Waals surface area contributed by atoms with Gasteiger partial charge in [0.05, 0.1) is 58.5 Å².